The second-order valence-electron chi connectivity index (χ2n) is 4.75. The number of hydrogen-bond donors (Lipinski definition) is 0. The first-order valence-electron chi connectivity index (χ1n) is 6.70. The fourth-order valence-corrected chi connectivity index (χ4v) is 1.95. The second kappa shape index (κ2) is 6.21. The van der Waals surface area contributed by atoms with Crippen LogP contribution in [0.5, 0.6) is 0 Å². The van der Waals surface area contributed by atoms with Gasteiger partial charge in [0.05, 0.1) is 24.4 Å². The molecule has 4 nitrogen and oxygen atoms in total. The fourth-order valence-electron chi connectivity index (χ4n) is 1.95. The summed E-state index contributed by atoms with van der Waals surface area (Å²) in [5.74, 6) is -0.593. The van der Waals surface area contributed by atoms with Crippen molar-refractivity contribution in [1.82, 2.24) is 9.78 Å². The molecule has 7 heteroatoms. The first kappa shape index (κ1) is 16.1. The van der Waals surface area contributed by atoms with Crippen LogP contribution in [-0.2, 0) is 22.1 Å². The summed E-state index contributed by atoms with van der Waals surface area (Å²) >= 11 is 0. The van der Waals surface area contributed by atoms with E-state index in [-0.39, 0.29) is 18.7 Å². The Morgan fingerprint density at radius 2 is 1.91 bits per heavy atom. The highest BCUT2D eigenvalue weighted by molar-refractivity contribution is 5.72. The van der Waals surface area contributed by atoms with Gasteiger partial charge < -0.3 is 4.74 Å². The zero-order valence-corrected chi connectivity index (χ0v) is 12.1. The summed E-state index contributed by atoms with van der Waals surface area (Å²) in [6.07, 6.45) is -4.84. The van der Waals surface area contributed by atoms with Gasteiger partial charge in [-0.3, -0.25) is 4.79 Å². The lowest BCUT2D eigenvalue weighted by molar-refractivity contribution is -0.143. The molecule has 2 rings (SSSR count). The normalized spacial score (nSPS) is 11.5. The lowest BCUT2D eigenvalue weighted by Crippen LogP contribution is -2.12. The lowest BCUT2D eigenvalue weighted by atomic mass is 10.2. The van der Waals surface area contributed by atoms with E-state index < -0.39 is 17.8 Å². The summed E-state index contributed by atoms with van der Waals surface area (Å²) in [4.78, 5) is 11.6. The minimum Gasteiger partial charge on any atom is -0.466 e. The van der Waals surface area contributed by atoms with Crippen LogP contribution in [0.25, 0.3) is 5.69 Å². The topological polar surface area (TPSA) is 44.1 Å². The van der Waals surface area contributed by atoms with Gasteiger partial charge in [0, 0.05) is 0 Å². The fraction of sp³-hybridized carbons (Fsp3) is 0.333. The van der Waals surface area contributed by atoms with Gasteiger partial charge in [-0.25, -0.2) is 4.68 Å². The van der Waals surface area contributed by atoms with Crippen molar-refractivity contribution < 1.29 is 22.7 Å². The number of alkyl halides is 3. The Morgan fingerprint density at radius 3 is 2.45 bits per heavy atom. The van der Waals surface area contributed by atoms with Crippen molar-refractivity contribution >= 4 is 5.97 Å². The Kier molecular flexibility index (Phi) is 4.54. The van der Waals surface area contributed by atoms with Crippen molar-refractivity contribution in [3.05, 3.63) is 47.3 Å². The number of aryl methyl sites for hydroxylation is 1. The number of carbonyl (C=O) groups excluding carboxylic acids is 1. The number of ether oxygens (including phenoxy) is 1. The second-order valence-corrected chi connectivity index (χ2v) is 4.75. The number of carbonyl (C=O) groups is 1. The van der Waals surface area contributed by atoms with Crippen molar-refractivity contribution in [2.45, 2.75) is 26.4 Å². The largest absolute Gasteiger partial charge is 0.466 e. The van der Waals surface area contributed by atoms with E-state index in [9.17, 15) is 18.0 Å². The number of hydrogen-bond acceptors (Lipinski definition) is 3. The monoisotopic (exact) mass is 312 g/mol. The molecule has 0 aliphatic carbocycles. The predicted molar refractivity (Wildman–Crippen MR) is 73.6 cm³/mol. The van der Waals surface area contributed by atoms with Crippen molar-refractivity contribution in [2.24, 2.45) is 0 Å². The Morgan fingerprint density at radius 1 is 1.27 bits per heavy atom. The number of aromatic nitrogens is 2. The predicted octanol–water partition coefficient (Wildman–Crippen LogP) is 3.31. The summed E-state index contributed by atoms with van der Waals surface area (Å²) in [6, 6.07) is 7.70. The van der Waals surface area contributed by atoms with Crippen LogP contribution in [0.2, 0.25) is 0 Å². The molecule has 0 spiro atoms. The molecule has 1 heterocycles. The van der Waals surface area contributed by atoms with E-state index in [2.05, 4.69) is 5.10 Å². The number of esters is 1. The van der Waals surface area contributed by atoms with Crippen LogP contribution in [0.3, 0.4) is 0 Å². The van der Waals surface area contributed by atoms with Crippen LogP contribution in [-0.4, -0.2) is 22.4 Å². The highest BCUT2D eigenvalue weighted by atomic mass is 19.4. The van der Waals surface area contributed by atoms with Crippen LogP contribution in [0, 0.1) is 6.92 Å². The van der Waals surface area contributed by atoms with Gasteiger partial charge in [0.2, 0.25) is 0 Å². The van der Waals surface area contributed by atoms with Gasteiger partial charge in [0.15, 0.2) is 5.69 Å². The summed E-state index contributed by atoms with van der Waals surface area (Å²) in [6.45, 7) is 3.67. The van der Waals surface area contributed by atoms with Crippen molar-refractivity contribution in [3.8, 4) is 5.69 Å². The highest BCUT2D eigenvalue weighted by Crippen LogP contribution is 2.29. The van der Waals surface area contributed by atoms with Gasteiger partial charge in [0.25, 0.3) is 0 Å². The van der Waals surface area contributed by atoms with E-state index in [0.717, 1.165) is 16.3 Å². The van der Waals surface area contributed by atoms with Crippen molar-refractivity contribution in [1.29, 1.82) is 0 Å². The summed E-state index contributed by atoms with van der Waals surface area (Å²) < 4.78 is 44.5. The molecule has 0 bridgehead atoms. The number of benzene rings is 1. The van der Waals surface area contributed by atoms with Crippen LogP contribution in [0.1, 0.15) is 23.9 Å². The van der Waals surface area contributed by atoms with Crippen LogP contribution in [0.4, 0.5) is 13.2 Å². The number of halogens is 3. The molecule has 0 saturated carbocycles. The Balaban J connectivity index is 2.43. The van der Waals surface area contributed by atoms with E-state index in [1.807, 2.05) is 6.92 Å². The van der Waals surface area contributed by atoms with E-state index in [1.54, 1.807) is 31.2 Å². The molecular weight excluding hydrogens is 297 g/mol. The average molecular weight is 312 g/mol. The smallest absolute Gasteiger partial charge is 0.435 e. The van der Waals surface area contributed by atoms with Crippen LogP contribution >= 0.6 is 0 Å². The molecule has 0 aliphatic heterocycles. The number of nitrogens with zero attached hydrogens (tertiary/aromatic N) is 2. The van der Waals surface area contributed by atoms with E-state index in [0.29, 0.717) is 5.69 Å². The summed E-state index contributed by atoms with van der Waals surface area (Å²) in [7, 11) is 0. The van der Waals surface area contributed by atoms with Gasteiger partial charge in [0.1, 0.15) is 0 Å². The van der Waals surface area contributed by atoms with Gasteiger partial charge >= 0.3 is 12.1 Å². The van der Waals surface area contributed by atoms with Gasteiger partial charge in [-0.15, -0.1) is 0 Å². The molecular formula is C15H15F3N2O2. The molecule has 0 unspecified atom stereocenters. The molecule has 0 fully saturated rings. The maximum absolute atomic E-state index is 12.9. The molecule has 0 amide bonds. The third-order valence-corrected chi connectivity index (χ3v) is 2.98. The summed E-state index contributed by atoms with van der Waals surface area (Å²) in [5, 5.41) is 3.58. The van der Waals surface area contributed by atoms with Crippen molar-refractivity contribution in [3.63, 3.8) is 0 Å². The van der Waals surface area contributed by atoms with Gasteiger partial charge in [-0.1, -0.05) is 17.7 Å². The summed E-state index contributed by atoms with van der Waals surface area (Å²) in [5.41, 5.74) is 0.529. The first-order valence-corrected chi connectivity index (χ1v) is 6.70. The molecule has 0 saturated heterocycles. The molecule has 0 atom stereocenters. The molecule has 22 heavy (non-hydrogen) atoms. The molecule has 0 radical (unpaired) electrons. The van der Waals surface area contributed by atoms with Crippen LogP contribution < -0.4 is 0 Å². The van der Waals surface area contributed by atoms with Crippen molar-refractivity contribution in [2.75, 3.05) is 6.61 Å². The highest BCUT2D eigenvalue weighted by Gasteiger charge is 2.35. The zero-order chi connectivity index (χ0) is 16.3. The standard InChI is InChI=1S/C15H15F3N2O2/c1-3-22-14(21)9-12-8-13(15(16,17)18)19-20(12)11-6-4-10(2)5-7-11/h4-8H,3,9H2,1-2H3. The molecule has 0 aliphatic rings. The Bertz CT molecular complexity index is 660. The third kappa shape index (κ3) is 3.66. The van der Waals surface area contributed by atoms with E-state index in [1.165, 1.54) is 0 Å². The Hall–Kier alpha value is -2.31. The first-order chi connectivity index (χ1) is 10.3. The molecule has 1 aromatic heterocycles. The average Bonchev–Trinajstić information content (AvgIpc) is 2.83. The SMILES string of the molecule is CCOC(=O)Cc1cc(C(F)(F)F)nn1-c1ccc(C)cc1. The Labute approximate surface area is 125 Å². The minimum absolute atomic E-state index is 0.134. The lowest BCUT2D eigenvalue weighted by Gasteiger charge is -2.07. The molecule has 118 valence electrons. The van der Waals surface area contributed by atoms with Gasteiger partial charge in [-0.05, 0) is 32.0 Å². The quantitative estimate of drug-likeness (QED) is 0.814. The van der Waals surface area contributed by atoms with E-state index >= 15 is 0 Å². The van der Waals surface area contributed by atoms with E-state index in [4.69, 9.17) is 4.74 Å². The zero-order valence-electron chi connectivity index (χ0n) is 12.1. The van der Waals surface area contributed by atoms with Crippen LogP contribution in [0.15, 0.2) is 30.3 Å². The number of rotatable bonds is 4. The molecule has 1 aromatic carbocycles. The maximum Gasteiger partial charge on any atom is 0.435 e. The third-order valence-electron chi connectivity index (χ3n) is 2.98. The maximum atomic E-state index is 12.9. The van der Waals surface area contributed by atoms with Gasteiger partial charge in [-0.2, -0.15) is 18.3 Å². The molecule has 0 N–H and O–H groups in total. The molecule has 2 aromatic rings. The minimum atomic E-state index is -4.57.